The van der Waals surface area contributed by atoms with Gasteiger partial charge in [0.2, 0.25) is 0 Å². The van der Waals surface area contributed by atoms with Crippen molar-refractivity contribution in [2.24, 2.45) is 0 Å². The maximum Gasteiger partial charge on any atom is 0.343 e. The van der Waals surface area contributed by atoms with Crippen LogP contribution < -0.4 is 18.9 Å². The molecule has 4 aromatic carbocycles. The lowest BCUT2D eigenvalue weighted by atomic mass is 9.94. The maximum absolute atomic E-state index is 13.1. The third-order valence-corrected chi connectivity index (χ3v) is 8.88. The second kappa shape index (κ2) is 22.6. The molecule has 5 rings (SSSR count). The Hall–Kier alpha value is -7.22. The molecule has 14 nitrogen and oxygen atoms in total. The van der Waals surface area contributed by atoms with Gasteiger partial charge in [-0.1, -0.05) is 13.2 Å². The zero-order valence-corrected chi connectivity index (χ0v) is 32.7. The summed E-state index contributed by atoms with van der Waals surface area (Å²) in [5, 5.41) is 0. The van der Waals surface area contributed by atoms with Crippen LogP contribution in [0.4, 0.5) is 0 Å². The molecule has 312 valence electrons. The second-order valence-electron chi connectivity index (χ2n) is 13.2. The molecule has 0 aromatic heterocycles. The van der Waals surface area contributed by atoms with Crippen molar-refractivity contribution in [3.8, 4) is 23.0 Å². The van der Waals surface area contributed by atoms with Crippen LogP contribution in [0.3, 0.4) is 0 Å². The van der Waals surface area contributed by atoms with Crippen LogP contribution in [0.25, 0.3) is 0 Å². The summed E-state index contributed by atoms with van der Waals surface area (Å²) in [6.07, 6.45) is 4.38. The molecule has 4 aromatic rings. The van der Waals surface area contributed by atoms with Gasteiger partial charge in [0.1, 0.15) is 35.2 Å². The van der Waals surface area contributed by atoms with Crippen LogP contribution in [0.15, 0.2) is 122 Å². The minimum absolute atomic E-state index is 0.197. The molecular weight excluding hydrogens is 776 g/mol. The Morgan fingerprint density at radius 3 is 1.10 bits per heavy atom. The predicted molar refractivity (Wildman–Crippen MR) is 215 cm³/mol. The summed E-state index contributed by atoms with van der Waals surface area (Å²) >= 11 is 0. The lowest BCUT2D eigenvalue weighted by Gasteiger charge is -2.30. The second-order valence-corrected chi connectivity index (χ2v) is 13.2. The zero-order chi connectivity index (χ0) is 42.7. The SMILES string of the molecule is C=CC(=O)OCCCOc1ccc(C(=O)Oc2ccc(C(=O)O[C@@H]3CCCC[C@H]3OC(=O)c3ccc(OC(=O)c4ccc(OCCCOC(=O)C=C)cc4)cc3)cc2)cc1. The van der Waals surface area contributed by atoms with E-state index in [1.807, 2.05) is 0 Å². The molecule has 0 unspecified atom stereocenters. The van der Waals surface area contributed by atoms with Crippen molar-refractivity contribution in [3.63, 3.8) is 0 Å². The molecule has 0 bridgehead atoms. The van der Waals surface area contributed by atoms with Crippen LogP contribution in [0.5, 0.6) is 23.0 Å². The summed E-state index contributed by atoms with van der Waals surface area (Å²) in [5.41, 5.74) is 1.02. The van der Waals surface area contributed by atoms with E-state index in [4.69, 9.17) is 37.9 Å². The Bertz CT molecular complexity index is 1950. The first kappa shape index (κ1) is 43.9. The van der Waals surface area contributed by atoms with Crippen LogP contribution >= 0.6 is 0 Å². The molecule has 1 aliphatic carbocycles. The molecule has 0 heterocycles. The molecule has 60 heavy (non-hydrogen) atoms. The van der Waals surface area contributed by atoms with Gasteiger partial charge in [-0.15, -0.1) is 0 Å². The van der Waals surface area contributed by atoms with Crippen LogP contribution in [0.2, 0.25) is 0 Å². The number of carbonyl (C=O) groups is 6. The minimum Gasteiger partial charge on any atom is -0.493 e. The van der Waals surface area contributed by atoms with Crippen LogP contribution in [0, 0.1) is 0 Å². The van der Waals surface area contributed by atoms with Gasteiger partial charge in [0.25, 0.3) is 0 Å². The van der Waals surface area contributed by atoms with E-state index in [1.165, 1.54) is 48.5 Å². The third-order valence-electron chi connectivity index (χ3n) is 8.88. The van der Waals surface area contributed by atoms with Gasteiger partial charge in [0.15, 0.2) is 0 Å². The molecule has 0 aliphatic heterocycles. The lowest BCUT2D eigenvalue weighted by Crippen LogP contribution is -2.37. The first-order chi connectivity index (χ1) is 29.1. The first-order valence-corrected chi connectivity index (χ1v) is 19.2. The molecule has 0 spiro atoms. The Balaban J connectivity index is 1.05. The van der Waals surface area contributed by atoms with Crippen molar-refractivity contribution in [2.75, 3.05) is 26.4 Å². The Kier molecular flexibility index (Phi) is 16.6. The molecule has 0 N–H and O–H groups in total. The van der Waals surface area contributed by atoms with E-state index >= 15 is 0 Å². The van der Waals surface area contributed by atoms with Crippen molar-refractivity contribution in [1.82, 2.24) is 0 Å². The molecule has 1 aliphatic rings. The number of rotatable bonds is 20. The normalized spacial score (nSPS) is 14.3. The average molecular weight is 821 g/mol. The molecule has 14 heteroatoms. The van der Waals surface area contributed by atoms with Crippen LogP contribution in [-0.2, 0) is 28.5 Å². The fourth-order valence-electron chi connectivity index (χ4n) is 5.73. The quantitative estimate of drug-likeness (QED) is 0.0282. The topological polar surface area (TPSA) is 176 Å². The standard InChI is InChI=1S/C46H44O14/c1-3-41(47)55-29-7-27-53-35-19-11-31(12-20-35)43(49)57-37-23-15-33(16-24-37)45(51)59-39-9-5-6-10-40(39)60-46(52)34-17-25-38(26-18-34)58-44(50)32-13-21-36(22-14-32)54-28-8-30-56-42(48)4-2/h3-4,11-26,39-40H,1-2,5-10,27-30H2/t39-,40-/m1/s1. The van der Waals surface area contributed by atoms with Crippen molar-refractivity contribution in [3.05, 3.63) is 145 Å². The third kappa shape index (κ3) is 13.7. The summed E-state index contributed by atoms with van der Waals surface area (Å²) in [6.45, 7) is 7.68. The fourth-order valence-corrected chi connectivity index (χ4v) is 5.73. The Labute approximate surface area is 346 Å². The Morgan fingerprint density at radius 1 is 0.450 bits per heavy atom. The Morgan fingerprint density at radius 2 is 0.767 bits per heavy atom. The number of hydrogen-bond acceptors (Lipinski definition) is 14. The first-order valence-electron chi connectivity index (χ1n) is 19.2. The highest BCUT2D eigenvalue weighted by molar-refractivity contribution is 5.93. The van der Waals surface area contributed by atoms with E-state index in [1.54, 1.807) is 48.5 Å². The van der Waals surface area contributed by atoms with Gasteiger partial charge in [-0.3, -0.25) is 0 Å². The number of ether oxygens (including phenoxy) is 8. The minimum atomic E-state index is -0.673. The smallest absolute Gasteiger partial charge is 0.343 e. The van der Waals surface area contributed by atoms with Gasteiger partial charge >= 0.3 is 35.8 Å². The van der Waals surface area contributed by atoms with Crippen molar-refractivity contribution in [1.29, 1.82) is 0 Å². The fraction of sp³-hybridized carbons (Fsp3) is 0.261. The van der Waals surface area contributed by atoms with Gasteiger partial charge in [-0.2, -0.15) is 0 Å². The van der Waals surface area contributed by atoms with E-state index < -0.39 is 48.0 Å². The summed E-state index contributed by atoms with van der Waals surface area (Å²) in [4.78, 5) is 73.8. The number of benzene rings is 4. The molecule has 1 saturated carbocycles. The van der Waals surface area contributed by atoms with Crippen LogP contribution in [-0.4, -0.2) is 74.5 Å². The molecule has 1 fully saturated rings. The average Bonchev–Trinajstić information content (AvgIpc) is 3.27. The molecular formula is C46H44O14. The van der Waals surface area contributed by atoms with Gasteiger partial charge in [-0.05, 0) is 123 Å². The van der Waals surface area contributed by atoms with E-state index in [-0.39, 0.29) is 47.0 Å². The molecule has 2 atom stereocenters. The summed E-state index contributed by atoms with van der Waals surface area (Å²) in [7, 11) is 0. The monoisotopic (exact) mass is 820 g/mol. The zero-order valence-electron chi connectivity index (χ0n) is 32.7. The molecule has 0 radical (unpaired) electrons. The molecule has 0 amide bonds. The number of esters is 6. The maximum atomic E-state index is 13.1. The summed E-state index contributed by atoms with van der Waals surface area (Å²) < 4.78 is 43.5. The number of carbonyl (C=O) groups excluding carboxylic acids is 6. The number of hydrogen-bond donors (Lipinski definition) is 0. The van der Waals surface area contributed by atoms with Crippen molar-refractivity contribution < 1.29 is 66.7 Å². The predicted octanol–water partition coefficient (Wildman–Crippen LogP) is 7.45. The summed E-state index contributed by atoms with van der Waals surface area (Å²) in [6, 6.07) is 24.5. The highest BCUT2D eigenvalue weighted by Crippen LogP contribution is 2.27. The van der Waals surface area contributed by atoms with E-state index in [9.17, 15) is 28.8 Å². The van der Waals surface area contributed by atoms with E-state index in [2.05, 4.69) is 13.2 Å². The highest BCUT2D eigenvalue weighted by Gasteiger charge is 2.32. The van der Waals surface area contributed by atoms with E-state index in [0.717, 1.165) is 25.0 Å². The van der Waals surface area contributed by atoms with Crippen molar-refractivity contribution >= 4 is 35.8 Å². The van der Waals surface area contributed by atoms with Gasteiger partial charge in [0, 0.05) is 25.0 Å². The van der Waals surface area contributed by atoms with E-state index in [0.29, 0.717) is 50.4 Å². The largest absolute Gasteiger partial charge is 0.493 e. The van der Waals surface area contributed by atoms with Gasteiger partial charge in [0.05, 0.1) is 48.7 Å². The lowest BCUT2D eigenvalue weighted by molar-refractivity contribution is -0.138. The van der Waals surface area contributed by atoms with Gasteiger partial charge < -0.3 is 37.9 Å². The van der Waals surface area contributed by atoms with Gasteiger partial charge in [-0.25, -0.2) is 28.8 Å². The highest BCUT2D eigenvalue weighted by atomic mass is 16.6. The van der Waals surface area contributed by atoms with Crippen LogP contribution in [0.1, 0.15) is 80.0 Å². The summed E-state index contributed by atoms with van der Waals surface area (Å²) in [5.74, 6) is -1.96. The van der Waals surface area contributed by atoms with Crippen molar-refractivity contribution in [2.45, 2.75) is 50.7 Å². The molecule has 0 saturated heterocycles.